The number of fused-ring (bicyclic) bond motifs is 1. The predicted molar refractivity (Wildman–Crippen MR) is 88.2 cm³/mol. The Bertz CT molecular complexity index is 899. The van der Waals surface area contributed by atoms with Gasteiger partial charge in [-0.2, -0.15) is 5.10 Å². The highest BCUT2D eigenvalue weighted by atomic mass is 19.1. The van der Waals surface area contributed by atoms with Gasteiger partial charge in [0.25, 0.3) is 0 Å². The molecule has 1 aromatic heterocycles. The number of nitrogens with one attached hydrogen (secondary N) is 1. The van der Waals surface area contributed by atoms with E-state index in [1.165, 1.54) is 12.5 Å². The summed E-state index contributed by atoms with van der Waals surface area (Å²) in [5.74, 6) is -0.308. The Morgan fingerprint density at radius 2 is 2.17 bits per heavy atom. The largest absolute Gasteiger partial charge is 0.457 e. The SMILES string of the molecule is O=C(OCc1ccc(C2CCC2)c(F)c1)c1cccc2cn[nH]c12. The smallest absolute Gasteiger partial charge is 0.340 e. The molecule has 1 aliphatic carbocycles. The molecule has 122 valence electrons. The lowest BCUT2D eigenvalue weighted by molar-refractivity contribution is 0.0474. The number of esters is 1. The lowest BCUT2D eigenvalue weighted by atomic mass is 9.79. The number of aromatic nitrogens is 2. The molecule has 0 aliphatic heterocycles. The van der Waals surface area contributed by atoms with E-state index in [2.05, 4.69) is 10.2 Å². The van der Waals surface area contributed by atoms with Gasteiger partial charge in [-0.1, -0.05) is 30.7 Å². The molecule has 4 nitrogen and oxygen atoms in total. The quantitative estimate of drug-likeness (QED) is 0.727. The molecule has 0 radical (unpaired) electrons. The molecule has 0 spiro atoms. The van der Waals surface area contributed by atoms with Gasteiger partial charge in [0.05, 0.1) is 17.3 Å². The topological polar surface area (TPSA) is 55.0 Å². The van der Waals surface area contributed by atoms with Crippen molar-refractivity contribution in [3.05, 3.63) is 65.1 Å². The molecule has 3 aromatic rings. The van der Waals surface area contributed by atoms with Gasteiger partial charge in [0, 0.05) is 5.39 Å². The zero-order chi connectivity index (χ0) is 16.5. The maximum Gasteiger partial charge on any atom is 0.340 e. The lowest BCUT2D eigenvalue weighted by Gasteiger charge is -2.26. The van der Waals surface area contributed by atoms with Gasteiger partial charge in [-0.15, -0.1) is 0 Å². The number of hydrogen-bond acceptors (Lipinski definition) is 3. The number of hydrogen-bond donors (Lipinski definition) is 1. The van der Waals surface area contributed by atoms with Gasteiger partial charge < -0.3 is 4.74 Å². The van der Waals surface area contributed by atoms with Crippen LogP contribution in [0.2, 0.25) is 0 Å². The van der Waals surface area contributed by atoms with Crippen molar-refractivity contribution in [3.8, 4) is 0 Å². The van der Waals surface area contributed by atoms with E-state index in [1.54, 1.807) is 18.3 Å². The third-order valence-electron chi connectivity index (χ3n) is 4.68. The molecule has 4 rings (SSSR count). The molecule has 1 aliphatic rings. The monoisotopic (exact) mass is 324 g/mol. The number of benzene rings is 2. The summed E-state index contributed by atoms with van der Waals surface area (Å²) < 4.78 is 19.5. The number of aromatic amines is 1. The fourth-order valence-corrected chi connectivity index (χ4v) is 3.08. The molecular weight excluding hydrogens is 307 g/mol. The minimum absolute atomic E-state index is 0.0468. The Balaban J connectivity index is 1.47. The normalized spacial score (nSPS) is 14.5. The van der Waals surface area contributed by atoms with Crippen LogP contribution in [0.4, 0.5) is 4.39 Å². The van der Waals surface area contributed by atoms with Crippen molar-refractivity contribution in [1.82, 2.24) is 10.2 Å². The van der Waals surface area contributed by atoms with Crippen LogP contribution in [0.3, 0.4) is 0 Å². The molecule has 0 atom stereocenters. The van der Waals surface area contributed by atoms with Gasteiger partial charge in [-0.25, -0.2) is 9.18 Å². The predicted octanol–water partition coefficient (Wildman–Crippen LogP) is 4.33. The van der Waals surface area contributed by atoms with Crippen LogP contribution in [0.25, 0.3) is 10.9 Å². The highest BCUT2D eigenvalue weighted by Crippen LogP contribution is 2.37. The molecule has 1 heterocycles. The van der Waals surface area contributed by atoms with E-state index >= 15 is 0 Å². The van der Waals surface area contributed by atoms with Crippen LogP contribution in [-0.4, -0.2) is 16.2 Å². The number of halogens is 1. The molecule has 0 unspecified atom stereocenters. The first kappa shape index (κ1) is 14.9. The molecular formula is C19H17FN2O2. The standard InChI is InChI=1S/C19H17FN2O2/c20-17-9-12(7-8-15(17)13-3-1-4-13)11-24-19(23)16-6-2-5-14-10-21-22-18(14)16/h2,5-10,13H,1,3-4,11H2,(H,21,22). The van der Waals surface area contributed by atoms with Gasteiger partial charge in [0.1, 0.15) is 12.4 Å². The highest BCUT2D eigenvalue weighted by Gasteiger charge is 2.22. The summed E-state index contributed by atoms with van der Waals surface area (Å²) in [6.07, 6.45) is 4.93. The van der Waals surface area contributed by atoms with Crippen LogP contribution in [-0.2, 0) is 11.3 Å². The van der Waals surface area contributed by atoms with Crippen LogP contribution in [0, 0.1) is 5.82 Å². The van der Waals surface area contributed by atoms with E-state index in [1.807, 2.05) is 18.2 Å². The van der Waals surface area contributed by atoms with Gasteiger partial charge in [-0.3, -0.25) is 5.10 Å². The van der Waals surface area contributed by atoms with Crippen LogP contribution >= 0.6 is 0 Å². The minimum atomic E-state index is -0.451. The first-order chi connectivity index (χ1) is 11.7. The Hall–Kier alpha value is -2.69. The van der Waals surface area contributed by atoms with Crippen LogP contribution in [0.15, 0.2) is 42.6 Å². The van der Waals surface area contributed by atoms with Crippen LogP contribution in [0.5, 0.6) is 0 Å². The summed E-state index contributed by atoms with van der Waals surface area (Å²) in [4.78, 5) is 12.3. The Kier molecular flexibility index (Phi) is 3.76. The van der Waals surface area contributed by atoms with Crippen molar-refractivity contribution in [2.45, 2.75) is 31.8 Å². The number of H-pyrrole nitrogens is 1. The number of carbonyl (C=O) groups excluding carboxylic acids is 1. The minimum Gasteiger partial charge on any atom is -0.457 e. The molecule has 0 amide bonds. The van der Waals surface area contributed by atoms with Gasteiger partial charge >= 0.3 is 5.97 Å². The summed E-state index contributed by atoms with van der Waals surface area (Å²) in [7, 11) is 0. The van der Waals surface area contributed by atoms with Crippen LogP contribution in [0.1, 0.15) is 46.7 Å². The van der Waals surface area contributed by atoms with Gasteiger partial charge in [-0.05, 0) is 42.0 Å². The maximum atomic E-state index is 14.2. The number of ether oxygens (including phenoxy) is 1. The molecule has 24 heavy (non-hydrogen) atoms. The summed E-state index contributed by atoms with van der Waals surface area (Å²) in [6.45, 7) is 0.0468. The fourth-order valence-electron chi connectivity index (χ4n) is 3.08. The second-order valence-electron chi connectivity index (χ2n) is 6.20. The second kappa shape index (κ2) is 6.07. The summed E-state index contributed by atoms with van der Waals surface area (Å²) >= 11 is 0. The number of para-hydroxylation sites is 1. The molecule has 5 heteroatoms. The Morgan fingerprint density at radius 1 is 1.29 bits per heavy atom. The van der Waals surface area contributed by atoms with Crippen molar-refractivity contribution >= 4 is 16.9 Å². The first-order valence-corrected chi connectivity index (χ1v) is 8.10. The summed E-state index contributed by atoms with van der Waals surface area (Å²) in [5, 5.41) is 7.58. The van der Waals surface area contributed by atoms with Crippen molar-refractivity contribution in [3.63, 3.8) is 0 Å². The molecule has 0 saturated heterocycles. The van der Waals surface area contributed by atoms with Gasteiger partial charge in [0.15, 0.2) is 0 Å². The molecule has 1 fully saturated rings. The number of carbonyl (C=O) groups is 1. The van der Waals surface area contributed by atoms with E-state index < -0.39 is 5.97 Å². The van der Waals surface area contributed by atoms with Crippen LogP contribution < -0.4 is 0 Å². The van der Waals surface area contributed by atoms with E-state index in [9.17, 15) is 9.18 Å². The van der Waals surface area contributed by atoms with E-state index in [4.69, 9.17) is 4.74 Å². The van der Waals surface area contributed by atoms with E-state index in [0.29, 0.717) is 22.6 Å². The maximum absolute atomic E-state index is 14.2. The van der Waals surface area contributed by atoms with Gasteiger partial charge in [0.2, 0.25) is 0 Å². The molecule has 2 aromatic carbocycles. The zero-order valence-corrected chi connectivity index (χ0v) is 13.1. The van der Waals surface area contributed by atoms with Crippen molar-refractivity contribution in [2.24, 2.45) is 0 Å². The second-order valence-corrected chi connectivity index (χ2v) is 6.20. The highest BCUT2D eigenvalue weighted by molar-refractivity contribution is 6.02. The van der Waals surface area contributed by atoms with E-state index in [-0.39, 0.29) is 12.4 Å². The van der Waals surface area contributed by atoms with Crippen molar-refractivity contribution in [1.29, 1.82) is 0 Å². The summed E-state index contributed by atoms with van der Waals surface area (Å²) in [6, 6.07) is 10.4. The zero-order valence-electron chi connectivity index (χ0n) is 13.1. The lowest BCUT2D eigenvalue weighted by Crippen LogP contribution is -2.11. The average molecular weight is 324 g/mol. The fraction of sp³-hybridized carbons (Fsp3) is 0.263. The number of nitrogens with zero attached hydrogens (tertiary/aromatic N) is 1. The molecule has 0 bridgehead atoms. The average Bonchev–Trinajstić information content (AvgIpc) is 3.01. The van der Waals surface area contributed by atoms with Crippen molar-refractivity contribution in [2.75, 3.05) is 0 Å². The molecule has 1 saturated carbocycles. The van der Waals surface area contributed by atoms with E-state index in [0.717, 1.165) is 23.8 Å². The Morgan fingerprint density at radius 3 is 2.92 bits per heavy atom. The third-order valence-corrected chi connectivity index (χ3v) is 4.68. The molecule has 1 N–H and O–H groups in total. The number of rotatable bonds is 4. The Labute approximate surface area is 138 Å². The first-order valence-electron chi connectivity index (χ1n) is 8.10. The summed E-state index contributed by atoms with van der Waals surface area (Å²) in [5.41, 5.74) is 2.50. The van der Waals surface area contributed by atoms with Crippen molar-refractivity contribution < 1.29 is 13.9 Å². The third kappa shape index (κ3) is 2.66.